The lowest BCUT2D eigenvalue weighted by molar-refractivity contribution is -0.145. The standard InChI is InChI=1S/C7H13NO2/c1-6(3-4-6)7(2,8)5(9)10/h3-4,8H2,1-2H3,(H,9,10)/t7-/m0/s1. The van der Waals surface area contributed by atoms with Crippen molar-refractivity contribution in [1.29, 1.82) is 0 Å². The van der Waals surface area contributed by atoms with Gasteiger partial charge in [0.25, 0.3) is 0 Å². The van der Waals surface area contributed by atoms with Gasteiger partial charge in [0.15, 0.2) is 0 Å². The molecule has 0 aromatic rings. The molecule has 1 atom stereocenters. The Balaban J connectivity index is 2.77. The number of carboxylic acids is 1. The van der Waals surface area contributed by atoms with E-state index in [4.69, 9.17) is 10.8 Å². The quantitative estimate of drug-likeness (QED) is 0.594. The van der Waals surface area contributed by atoms with Gasteiger partial charge in [-0.2, -0.15) is 0 Å². The van der Waals surface area contributed by atoms with E-state index in [0.29, 0.717) is 0 Å². The van der Waals surface area contributed by atoms with Gasteiger partial charge >= 0.3 is 5.97 Å². The lowest BCUT2D eigenvalue weighted by Gasteiger charge is -2.26. The third kappa shape index (κ3) is 0.814. The first-order valence-corrected chi connectivity index (χ1v) is 3.42. The largest absolute Gasteiger partial charge is 0.480 e. The minimum atomic E-state index is -1.03. The molecule has 1 saturated carbocycles. The number of rotatable bonds is 2. The molecule has 1 aliphatic rings. The molecule has 10 heavy (non-hydrogen) atoms. The first-order valence-electron chi connectivity index (χ1n) is 3.42. The minimum Gasteiger partial charge on any atom is -0.480 e. The molecule has 3 heteroatoms. The molecule has 3 nitrogen and oxygen atoms in total. The summed E-state index contributed by atoms with van der Waals surface area (Å²) in [7, 11) is 0. The molecule has 0 aromatic carbocycles. The molecule has 1 aliphatic carbocycles. The van der Waals surface area contributed by atoms with Gasteiger partial charge in [0.05, 0.1) is 0 Å². The number of nitrogens with two attached hydrogens (primary N) is 1. The maximum absolute atomic E-state index is 10.6. The first kappa shape index (κ1) is 7.54. The molecular weight excluding hydrogens is 130 g/mol. The average Bonchev–Trinajstić information content (AvgIpc) is 2.48. The molecule has 0 radical (unpaired) electrons. The molecule has 58 valence electrons. The van der Waals surface area contributed by atoms with Gasteiger partial charge in [-0.1, -0.05) is 6.92 Å². The molecule has 3 N–H and O–H groups in total. The number of aliphatic carboxylic acids is 1. The minimum absolute atomic E-state index is 0.154. The van der Waals surface area contributed by atoms with Gasteiger partial charge in [-0.3, -0.25) is 4.79 Å². The van der Waals surface area contributed by atoms with Crippen LogP contribution in [0.3, 0.4) is 0 Å². The van der Waals surface area contributed by atoms with Crippen molar-refractivity contribution < 1.29 is 9.90 Å². The van der Waals surface area contributed by atoms with Crippen molar-refractivity contribution in [1.82, 2.24) is 0 Å². The molecule has 0 aromatic heterocycles. The molecule has 0 amide bonds. The van der Waals surface area contributed by atoms with Crippen LogP contribution in [-0.4, -0.2) is 16.6 Å². The van der Waals surface area contributed by atoms with Crippen LogP contribution in [0.4, 0.5) is 0 Å². The van der Waals surface area contributed by atoms with Crippen LogP contribution in [0, 0.1) is 5.41 Å². The maximum Gasteiger partial charge on any atom is 0.323 e. The van der Waals surface area contributed by atoms with Gasteiger partial charge in [-0.05, 0) is 25.2 Å². The summed E-state index contributed by atoms with van der Waals surface area (Å²) in [4.78, 5) is 10.6. The van der Waals surface area contributed by atoms with Crippen molar-refractivity contribution in [3.63, 3.8) is 0 Å². The van der Waals surface area contributed by atoms with E-state index in [1.165, 1.54) is 0 Å². The van der Waals surface area contributed by atoms with Gasteiger partial charge in [0, 0.05) is 0 Å². The van der Waals surface area contributed by atoms with Crippen molar-refractivity contribution in [3.05, 3.63) is 0 Å². The zero-order valence-electron chi connectivity index (χ0n) is 6.35. The Kier molecular flexibility index (Phi) is 1.30. The van der Waals surface area contributed by atoms with E-state index >= 15 is 0 Å². The SMILES string of the molecule is CC1([C@@](C)(N)C(=O)O)CC1. The van der Waals surface area contributed by atoms with E-state index in [1.54, 1.807) is 6.92 Å². The van der Waals surface area contributed by atoms with Crippen molar-refractivity contribution >= 4 is 5.97 Å². The molecule has 1 fully saturated rings. The van der Waals surface area contributed by atoms with Gasteiger partial charge in [-0.25, -0.2) is 0 Å². The summed E-state index contributed by atoms with van der Waals surface area (Å²) < 4.78 is 0. The number of hydrogen-bond acceptors (Lipinski definition) is 2. The average molecular weight is 143 g/mol. The van der Waals surface area contributed by atoms with Crippen LogP contribution in [0.2, 0.25) is 0 Å². The molecular formula is C7H13NO2. The normalized spacial score (nSPS) is 27.1. The third-order valence-corrected chi connectivity index (χ3v) is 2.70. The molecule has 0 bridgehead atoms. The second kappa shape index (κ2) is 1.72. The zero-order valence-corrected chi connectivity index (χ0v) is 6.35. The summed E-state index contributed by atoms with van der Waals surface area (Å²) in [5.41, 5.74) is 4.41. The van der Waals surface area contributed by atoms with Gasteiger partial charge < -0.3 is 10.8 Å². The summed E-state index contributed by atoms with van der Waals surface area (Å²) >= 11 is 0. The van der Waals surface area contributed by atoms with E-state index in [1.807, 2.05) is 6.92 Å². The monoisotopic (exact) mass is 143 g/mol. The highest BCUT2D eigenvalue weighted by Gasteiger charge is 2.55. The third-order valence-electron chi connectivity index (χ3n) is 2.70. The highest BCUT2D eigenvalue weighted by Crippen LogP contribution is 2.52. The van der Waals surface area contributed by atoms with Crippen LogP contribution in [-0.2, 0) is 4.79 Å². The molecule has 0 heterocycles. The van der Waals surface area contributed by atoms with Crippen LogP contribution in [0.5, 0.6) is 0 Å². The van der Waals surface area contributed by atoms with Crippen LogP contribution in [0.25, 0.3) is 0 Å². The Bertz CT molecular complexity index is 170. The van der Waals surface area contributed by atoms with Crippen LogP contribution in [0.1, 0.15) is 26.7 Å². The van der Waals surface area contributed by atoms with Crippen LogP contribution < -0.4 is 5.73 Å². The summed E-state index contributed by atoms with van der Waals surface area (Å²) in [5, 5.41) is 8.69. The fourth-order valence-electron chi connectivity index (χ4n) is 0.965. The number of carbonyl (C=O) groups is 1. The van der Waals surface area contributed by atoms with Gasteiger partial charge in [0.1, 0.15) is 5.54 Å². The summed E-state index contributed by atoms with van der Waals surface area (Å²) in [5.74, 6) is -0.896. The summed E-state index contributed by atoms with van der Waals surface area (Å²) in [6.07, 6.45) is 1.87. The van der Waals surface area contributed by atoms with Crippen LogP contribution >= 0.6 is 0 Å². The fourth-order valence-corrected chi connectivity index (χ4v) is 0.965. The van der Waals surface area contributed by atoms with E-state index < -0.39 is 11.5 Å². The summed E-state index contributed by atoms with van der Waals surface area (Å²) in [6, 6.07) is 0. The van der Waals surface area contributed by atoms with E-state index in [2.05, 4.69) is 0 Å². The predicted molar refractivity (Wildman–Crippen MR) is 37.6 cm³/mol. The molecule has 1 rings (SSSR count). The second-order valence-electron chi connectivity index (χ2n) is 3.57. The topological polar surface area (TPSA) is 63.3 Å². The zero-order chi connectivity index (χ0) is 7.99. The van der Waals surface area contributed by atoms with Gasteiger partial charge in [-0.15, -0.1) is 0 Å². The lowest BCUT2D eigenvalue weighted by atomic mass is 9.85. The van der Waals surface area contributed by atoms with Crippen molar-refractivity contribution in [2.24, 2.45) is 11.1 Å². The predicted octanol–water partition coefficient (Wildman–Crippen LogP) is 0.588. The van der Waals surface area contributed by atoms with E-state index in [0.717, 1.165) is 12.8 Å². The van der Waals surface area contributed by atoms with Crippen LogP contribution in [0.15, 0.2) is 0 Å². The van der Waals surface area contributed by atoms with Crippen molar-refractivity contribution in [2.45, 2.75) is 32.2 Å². The fraction of sp³-hybridized carbons (Fsp3) is 0.857. The van der Waals surface area contributed by atoms with E-state index in [-0.39, 0.29) is 5.41 Å². The van der Waals surface area contributed by atoms with Crippen molar-refractivity contribution in [2.75, 3.05) is 0 Å². The van der Waals surface area contributed by atoms with Crippen molar-refractivity contribution in [3.8, 4) is 0 Å². The molecule has 0 aliphatic heterocycles. The highest BCUT2D eigenvalue weighted by atomic mass is 16.4. The Morgan fingerprint density at radius 1 is 1.70 bits per heavy atom. The maximum atomic E-state index is 10.6. The van der Waals surface area contributed by atoms with Gasteiger partial charge in [0.2, 0.25) is 0 Å². The Labute approximate surface area is 60.2 Å². The Hall–Kier alpha value is -0.570. The lowest BCUT2D eigenvalue weighted by Crippen LogP contribution is -2.51. The Morgan fingerprint density at radius 2 is 2.10 bits per heavy atom. The number of hydrogen-bond donors (Lipinski definition) is 2. The summed E-state index contributed by atoms with van der Waals surface area (Å²) in [6.45, 7) is 3.50. The molecule has 0 unspecified atom stereocenters. The molecule has 0 saturated heterocycles. The Morgan fingerprint density at radius 3 is 2.20 bits per heavy atom. The smallest absolute Gasteiger partial charge is 0.323 e. The second-order valence-corrected chi connectivity index (χ2v) is 3.57. The molecule has 0 spiro atoms. The highest BCUT2D eigenvalue weighted by molar-refractivity contribution is 5.79. The first-order chi connectivity index (χ1) is 4.40. The number of carboxylic acid groups (broad SMARTS) is 1. The van der Waals surface area contributed by atoms with E-state index in [9.17, 15) is 4.79 Å².